The van der Waals surface area contributed by atoms with Gasteiger partial charge in [0.1, 0.15) is 0 Å². The summed E-state index contributed by atoms with van der Waals surface area (Å²) in [5.74, 6) is 0.706. The summed E-state index contributed by atoms with van der Waals surface area (Å²) in [5.41, 5.74) is 1.29. The van der Waals surface area contributed by atoms with Crippen LogP contribution in [0.4, 0.5) is 0 Å². The predicted molar refractivity (Wildman–Crippen MR) is 85.9 cm³/mol. The molecule has 18 heavy (non-hydrogen) atoms. The zero-order valence-electron chi connectivity index (χ0n) is 11.3. The van der Waals surface area contributed by atoms with Gasteiger partial charge >= 0.3 is 0 Å². The van der Waals surface area contributed by atoms with Crippen molar-refractivity contribution in [1.29, 1.82) is 0 Å². The maximum Gasteiger partial charge on any atom is 0.0231 e. The third-order valence-corrected chi connectivity index (χ3v) is 3.89. The second-order valence-electron chi connectivity index (χ2n) is 5.07. The van der Waals surface area contributed by atoms with Crippen LogP contribution in [-0.2, 0) is 6.54 Å². The summed E-state index contributed by atoms with van der Waals surface area (Å²) in [6, 6.07) is 6.76. The number of rotatable bonds is 7. The van der Waals surface area contributed by atoms with Crippen LogP contribution in [0, 0.1) is 5.92 Å². The molecule has 0 bridgehead atoms. The molecule has 1 aromatic carbocycles. The van der Waals surface area contributed by atoms with Crippen molar-refractivity contribution < 1.29 is 0 Å². The van der Waals surface area contributed by atoms with Crippen molar-refractivity contribution in [3.05, 3.63) is 32.7 Å². The molecule has 0 aliphatic carbocycles. The van der Waals surface area contributed by atoms with E-state index in [-0.39, 0.29) is 0 Å². The molecule has 0 saturated heterocycles. The third-order valence-electron chi connectivity index (χ3n) is 2.66. The van der Waals surface area contributed by atoms with E-state index in [1.165, 1.54) is 5.56 Å². The minimum absolute atomic E-state index is 0.472. The lowest BCUT2D eigenvalue weighted by Crippen LogP contribution is -2.37. The van der Waals surface area contributed by atoms with Crippen LogP contribution in [0.3, 0.4) is 0 Å². The average Bonchev–Trinajstić information content (AvgIpc) is 2.27. The number of benzene rings is 1. The van der Waals surface area contributed by atoms with Crippen LogP contribution in [-0.4, -0.2) is 19.1 Å². The highest BCUT2D eigenvalue weighted by Gasteiger charge is 2.04. The molecule has 0 radical (unpaired) electrons. The predicted octanol–water partition coefficient (Wildman–Crippen LogP) is 3.94. The first-order valence-electron chi connectivity index (χ1n) is 6.37. The molecule has 1 aromatic rings. The molecule has 0 aliphatic heterocycles. The largest absolute Gasteiger partial charge is 0.315 e. The number of hydrogen-bond donors (Lipinski definition) is 2. The second kappa shape index (κ2) is 8.31. The highest BCUT2D eigenvalue weighted by molar-refractivity contribution is 9.11. The molecule has 0 aliphatic rings. The van der Waals surface area contributed by atoms with Crippen molar-refractivity contribution in [3.8, 4) is 0 Å². The van der Waals surface area contributed by atoms with Crippen LogP contribution in [0.5, 0.6) is 0 Å². The van der Waals surface area contributed by atoms with Gasteiger partial charge in [0.25, 0.3) is 0 Å². The minimum atomic E-state index is 0.472. The van der Waals surface area contributed by atoms with Crippen molar-refractivity contribution >= 4 is 31.9 Å². The SMILES string of the molecule is CC(C)CNCC(C)NCc1ccc(Br)cc1Br. The molecule has 0 fully saturated rings. The summed E-state index contributed by atoms with van der Waals surface area (Å²) in [7, 11) is 0. The molecule has 0 spiro atoms. The van der Waals surface area contributed by atoms with Gasteiger partial charge in [0.05, 0.1) is 0 Å². The first-order valence-corrected chi connectivity index (χ1v) is 7.95. The van der Waals surface area contributed by atoms with Gasteiger partial charge in [-0.1, -0.05) is 51.8 Å². The van der Waals surface area contributed by atoms with E-state index < -0.39 is 0 Å². The van der Waals surface area contributed by atoms with E-state index in [0.29, 0.717) is 12.0 Å². The minimum Gasteiger partial charge on any atom is -0.315 e. The number of halogens is 2. The molecule has 1 unspecified atom stereocenters. The van der Waals surface area contributed by atoms with Crippen LogP contribution in [0.15, 0.2) is 27.1 Å². The van der Waals surface area contributed by atoms with Gasteiger partial charge in [0, 0.05) is 28.1 Å². The lowest BCUT2D eigenvalue weighted by atomic mass is 10.2. The Morgan fingerprint density at radius 3 is 2.44 bits per heavy atom. The molecule has 0 saturated carbocycles. The maximum absolute atomic E-state index is 3.58. The highest BCUT2D eigenvalue weighted by Crippen LogP contribution is 2.21. The monoisotopic (exact) mass is 376 g/mol. The molecular weight excluding hydrogens is 356 g/mol. The number of hydrogen-bond acceptors (Lipinski definition) is 2. The zero-order chi connectivity index (χ0) is 13.5. The van der Waals surface area contributed by atoms with Crippen LogP contribution in [0.1, 0.15) is 26.3 Å². The average molecular weight is 378 g/mol. The van der Waals surface area contributed by atoms with Gasteiger partial charge in [-0.05, 0) is 37.1 Å². The van der Waals surface area contributed by atoms with Gasteiger partial charge in [-0.2, -0.15) is 0 Å². The number of nitrogens with one attached hydrogen (secondary N) is 2. The van der Waals surface area contributed by atoms with Crippen LogP contribution in [0.2, 0.25) is 0 Å². The summed E-state index contributed by atoms with van der Waals surface area (Å²) in [6.45, 7) is 9.63. The summed E-state index contributed by atoms with van der Waals surface area (Å²) in [6.07, 6.45) is 0. The van der Waals surface area contributed by atoms with E-state index in [4.69, 9.17) is 0 Å². The summed E-state index contributed by atoms with van der Waals surface area (Å²) >= 11 is 7.05. The fourth-order valence-corrected chi connectivity index (χ4v) is 2.80. The Bertz CT molecular complexity index is 367. The molecule has 2 N–H and O–H groups in total. The topological polar surface area (TPSA) is 24.1 Å². The maximum atomic E-state index is 3.58. The van der Waals surface area contributed by atoms with E-state index in [1.807, 2.05) is 0 Å². The molecule has 0 heterocycles. The highest BCUT2D eigenvalue weighted by atomic mass is 79.9. The Morgan fingerprint density at radius 1 is 1.11 bits per heavy atom. The van der Waals surface area contributed by atoms with Gasteiger partial charge in [-0.3, -0.25) is 0 Å². The van der Waals surface area contributed by atoms with Crippen molar-refractivity contribution in [2.45, 2.75) is 33.4 Å². The van der Waals surface area contributed by atoms with Crippen molar-refractivity contribution in [2.24, 2.45) is 5.92 Å². The normalized spacial score (nSPS) is 13.0. The van der Waals surface area contributed by atoms with Crippen LogP contribution < -0.4 is 10.6 Å². The quantitative estimate of drug-likeness (QED) is 0.752. The molecule has 1 atom stereocenters. The van der Waals surface area contributed by atoms with E-state index >= 15 is 0 Å². The standard InChI is InChI=1S/C14H22Br2N2/c1-10(2)7-17-8-11(3)18-9-12-4-5-13(15)6-14(12)16/h4-6,10-11,17-18H,7-9H2,1-3H3. The Balaban J connectivity index is 2.31. The molecule has 4 heteroatoms. The van der Waals surface area contributed by atoms with Gasteiger partial charge in [-0.15, -0.1) is 0 Å². The molecule has 102 valence electrons. The molecular formula is C14H22Br2N2. The summed E-state index contributed by atoms with van der Waals surface area (Å²) in [4.78, 5) is 0. The lowest BCUT2D eigenvalue weighted by molar-refractivity contribution is 0.472. The molecule has 1 rings (SSSR count). The Morgan fingerprint density at radius 2 is 1.83 bits per heavy atom. The first kappa shape index (κ1) is 16.2. The fourth-order valence-electron chi connectivity index (χ4n) is 1.61. The van der Waals surface area contributed by atoms with E-state index in [2.05, 4.69) is 81.5 Å². The van der Waals surface area contributed by atoms with Gasteiger partial charge in [0.2, 0.25) is 0 Å². The second-order valence-corrected chi connectivity index (χ2v) is 6.84. The van der Waals surface area contributed by atoms with Crippen LogP contribution in [0.25, 0.3) is 0 Å². The van der Waals surface area contributed by atoms with E-state index in [0.717, 1.165) is 28.6 Å². The van der Waals surface area contributed by atoms with Crippen molar-refractivity contribution in [3.63, 3.8) is 0 Å². The molecule has 0 aromatic heterocycles. The summed E-state index contributed by atoms with van der Waals surface area (Å²) < 4.78 is 2.25. The lowest BCUT2D eigenvalue weighted by Gasteiger charge is -2.16. The first-order chi connectivity index (χ1) is 8.49. The van der Waals surface area contributed by atoms with E-state index in [1.54, 1.807) is 0 Å². The van der Waals surface area contributed by atoms with Gasteiger partial charge < -0.3 is 10.6 Å². The van der Waals surface area contributed by atoms with Crippen molar-refractivity contribution in [1.82, 2.24) is 10.6 Å². The van der Waals surface area contributed by atoms with Crippen molar-refractivity contribution in [2.75, 3.05) is 13.1 Å². The molecule has 2 nitrogen and oxygen atoms in total. The zero-order valence-corrected chi connectivity index (χ0v) is 14.4. The summed E-state index contributed by atoms with van der Waals surface area (Å²) in [5, 5.41) is 6.99. The third kappa shape index (κ3) is 6.32. The van der Waals surface area contributed by atoms with E-state index in [9.17, 15) is 0 Å². The smallest absolute Gasteiger partial charge is 0.0231 e. The van der Waals surface area contributed by atoms with Gasteiger partial charge in [-0.25, -0.2) is 0 Å². The molecule has 0 amide bonds. The Hall–Kier alpha value is 0.1000. The van der Waals surface area contributed by atoms with Gasteiger partial charge in [0.15, 0.2) is 0 Å². The Labute approximate surface area is 127 Å². The Kier molecular flexibility index (Phi) is 7.46. The fraction of sp³-hybridized carbons (Fsp3) is 0.571. The van der Waals surface area contributed by atoms with Crippen LogP contribution >= 0.6 is 31.9 Å².